The molecule has 0 aliphatic heterocycles. The van der Waals surface area contributed by atoms with Gasteiger partial charge in [-0.3, -0.25) is 4.79 Å². The molecule has 0 aliphatic rings. The molecule has 0 heterocycles. The molecule has 0 amide bonds. The maximum absolute atomic E-state index is 12.9. The van der Waals surface area contributed by atoms with E-state index in [-0.39, 0.29) is 24.0 Å². The van der Waals surface area contributed by atoms with Crippen molar-refractivity contribution < 1.29 is 13.9 Å². The zero-order valence-corrected chi connectivity index (χ0v) is 10.4. The number of benzene rings is 1. The summed E-state index contributed by atoms with van der Waals surface area (Å²) in [7, 11) is 0. The highest BCUT2D eigenvalue weighted by Crippen LogP contribution is 2.17. The third kappa shape index (κ3) is 4.06. The fourth-order valence-electron chi connectivity index (χ4n) is 1.52. The van der Waals surface area contributed by atoms with Crippen molar-refractivity contribution in [1.29, 1.82) is 5.26 Å². The molecule has 1 N–H and O–H groups in total. The van der Waals surface area contributed by atoms with Crippen LogP contribution in [0.4, 0.5) is 10.1 Å². The Bertz CT molecular complexity index is 469. The van der Waals surface area contributed by atoms with Gasteiger partial charge in [0.05, 0.1) is 24.3 Å². The predicted octanol–water partition coefficient (Wildman–Crippen LogP) is 2.45. The maximum atomic E-state index is 12.9. The van der Waals surface area contributed by atoms with E-state index in [1.54, 1.807) is 13.8 Å². The fourth-order valence-corrected chi connectivity index (χ4v) is 1.52. The van der Waals surface area contributed by atoms with E-state index in [9.17, 15) is 9.18 Å². The molecule has 0 spiro atoms. The number of nitrogens with zero attached hydrogens (tertiary/aromatic N) is 1. The summed E-state index contributed by atoms with van der Waals surface area (Å²) in [5.41, 5.74) is 0.724. The normalized spacial score (nSPS) is 11.4. The van der Waals surface area contributed by atoms with Crippen LogP contribution in [0.5, 0.6) is 0 Å². The monoisotopic (exact) mass is 250 g/mol. The van der Waals surface area contributed by atoms with E-state index in [0.29, 0.717) is 12.3 Å². The molecule has 0 aromatic heterocycles. The lowest BCUT2D eigenvalue weighted by molar-refractivity contribution is -0.143. The Balaban J connectivity index is 2.67. The fraction of sp³-hybridized carbons (Fsp3) is 0.385. The van der Waals surface area contributed by atoms with Gasteiger partial charge in [0.2, 0.25) is 0 Å². The van der Waals surface area contributed by atoms with Gasteiger partial charge in [0.25, 0.3) is 0 Å². The number of rotatable bonds is 5. The van der Waals surface area contributed by atoms with Crippen molar-refractivity contribution in [3.8, 4) is 6.07 Å². The van der Waals surface area contributed by atoms with Crippen molar-refractivity contribution in [3.63, 3.8) is 0 Å². The minimum Gasteiger partial charge on any atom is -0.466 e. The molecule has 0 bridgehead atoms. The van der Waals surface area contributed by atoms with Gasteiger partial charge in [-0.05, 0) is 32.0 Å². The Labute approximate surface area is 105 Å². The summed E-state index contributed by atoms with van der Waals surface area (Å²) in [5.74, 6) is -0.770. The van der Waals surface area contributed by atoms with Crippen LogP contribution in [0.15, 0.2) is 18.2 Å². The van der Waals surface area contributed by atoms with E-state index in [4.69, 9.17) is 10.00 Å². The first kappa shape index (κ1) is 14.0. The lowest BCUT2D eigenvalue weighted by Gasteiger charge is -2.15. The van der Waals surface area contributed by atoms with Gasteiger partial charge in [0, 0.05) is 6.04 Å². The standard InChI is InChI=1S/C13H15FN2O2/c1-3-18-13(17)6-9(2)16-12-5-4-11(14)7-10(12)8-15/h4-5,7,9,16H,3,6H2,1-2H3. The van der Waals surface area contributed by atoms with Crippen molar-refractivity contribution in [2.24, 2.45) is 0 Å². The topological polar surface area (TPSA) is 62.1 Å². The van der Waals surface area contributed by atoms with Gasteiger partial charge in [-0.25, -0.2) is 4.39 Å². The summed E-state index contributed by atoms with van der Waals surface area (Å²) in [6.45, 7) is 3.87. The van der Waals surface area contributed by atoms with Crippen molar-refractivity contribution >= 4 is 11.7 Å². The van der Waals surface area contributed by atoms with E-state index in [0.717, 1.165) is 6.07 Å². The molecule has 1 unspecified atom stereocenters. The van der Waals surface area contributed by atoms with Gasteiger partial charge < -0.3 is 10.1 Å². The Morgan fingerprint density at radius 1 is 1.61 bits per heavy atom. The Morgan fingerprint density at radius 3 is 2.94 bits per heavy atom. The van der Waals surface area contributed by atoms with Gasteiger partial charge >= 0.3 is 5.97 Å². The molecule has 18 heavy (non-hydrogen) atoms. The Morgan fingerprint density at radius 2 is 2.33 bits per heavy atom. The lowest BCUT2D eigenvalue weighted by atomic mass is 10.1. The highest BCUT2D eigenvalue weighted by Gasteiger charge is 2.11. The van der Waals surface area contributed by atoms with Crippen LogP contribution in [0.1, 0.15) is 25.8 Å². The molecule has 0 aliphatic carbocycles. The minimum atomic E-state index is -0.463. The molecule has 0 radical (unpaired) electrons. The maximum Gasteiger partial charge on any atom is 0.307 e. The smallest absolute Gasteiger partial charge is 0.307 e. The summed E-state index contributed by atoms with van der Waals surface area (Å²) in [4.78, 5) is 11.3. The zero-order chi connectivity index (χ0) is 13.5. The van der Waals surface area contributed by atoms with Crippen LogP contribution in [-0.2, 0) is 9.53 Å². The van der Waals surface area contributed by atoms with Crippen molar-refractivity contribution in [1.82, 2.24) is 0 Å². The lowest BCUT2D eigenvalue weighted by Crippen LogP contribution is -2.21. The number of carbonyl (C=O) groups excluding carboxylic acids is 1. The summed E-state index contributed by atoms with van der Waals surface area (Å²) < 4.78 is 17.8. The molecule has 96 valence electrons. The molecule has 5 heteroatoms. The number of carbonyl (C=O) groups is 1. The number of nitriles is 1. The number of hydrogen-bond acceptors (Lipinski definition) is 4. The highest BCUT2D eigenvalue weighted by atomic mass is 19.1. The van der Waals surface area contributed by atoms with E-state index in [1.807, 2.05) is 6.07 Å². The predicted molar refractivity (Wildman–Crippen MR) is 65.4 cm³/mol. The van der Waals surface area contributed by atoms with Gasteiger partial charge in [-0.15, -0.1) is 0 Å². The van der Waals surface area contributed by atoms with Crippen molar-refractivity contribution in [2.45, 2.75) is 26.3 Å². The first-order valence-electron chi connectivity index (χ1n) is 5.68. The largest absolute Gasteiger partial charge is 0.466 e. The molecule has 0 saturated carbocycles. The second-order valence-electron chi connectivity index (χ2n) is 3.86. The summed E-state index contributed by atoms with van der Waals surface area (Å²) >= 11 is 0. The Kier molecular flexibility index (Phi) is 5.12. The number of esters is 1. The number of ether oxygens (including phenoxy) is 1. The quantitative estimate of drug-likeness (QED) is 0.815. The van der Waals surface area contributed by atoms with Crippen LogP contribution < -0.4 is 5.32 Å². The van der Waals surface area contributed by atoms with E-state index in [1.165, 1.54) is 12.1 Å². The second-order valence-corrected chi connectivity index (χ2v) is 3.86. The van der Waals surface area contributed by atoms with Gasteiger partial charge in [0.15, 0.2) is 0 Å². The average molecular weight is 250 g/mol. The Hall–Kier alpha value is -2.09. The van der Waals surface area contributed by atoms with E-state index < -0.39 is 5.82 Å². The zero-order valence-electron chi connectivity index (χ0n) is 10.4. The minimum absolute atomic E-state index is 0.191. The molecule has 0 fully saturated rings. The van der Waals surface area contributed by atoms with Gasteiger partial charge in [0.1, 0.15) is 11.9 Å². The highest BCUT2D eigenvalue weighted by molar-refractivity contribution is 5.71. The average Bonchev–Trinajstić information content (AvgIpc) is 2.31. The van der Waals surface area contributed by atoms with E-state index in [2.05, 4.69) is 5.32 Å². The third-order valence-electron chi connectivity index (χ3n) is 2.28. The van der Waals surface area contributed by atoms with Crippen LogP contribution in [0.25, 0.3) is 0 Å². The molecule has 4 nitrogen and oxygen atoms in total. The summed E-state index contributed by atoms with van der Waals surface area (Å²) in [5, 5.41) is 11.9. The first-order chi connectivity index (χ1) is 8.56. The molecular formula is C13H15FN2O2. The molecule has 1 aromatic carbocycles. The van der Waals surface area contributed by atoms with Crippen LogP contribution in [0.3, 0.4) is 0 Å². The summed E-state index contributed by atoms with van der Waals surface area (Å²) in [6, 6.07) is 5.61. The SMILES string of the molecule is CCOC(=O)CC(C)Nc1ccc(F)cc1C#N. The van der Waals surface area contributed by atoms with Gasteiger partial charge in [-0.2, -0.15) is 5.26 Å². The number of nitrogens with one attached hydrogen (secondary N) is 1. The van der Waals surface area contributed by atoms with Crippen LogP contribution in [0, 0.1) is 17.1 Å². The molecule has 1 aromatic rings. The summed E-state index contributed by atoms with van der Waals surface area (Å²) in [6.07, 6.45) is 0.191. The molecular weight excluding hydrogens is 235 g/mol. The first-order valence-corrected chi connectivity index (χ1v) is 5.68. The molecule has 1 atom stereocenters. The van der Waals surface area contributed by atoms with Crippen molar-refractivity contribution in [3.05, 3.63) is 29.6 Å². The van der Waals surface area contributed by atoms with Crippen LogP contribution in [-0.4, -0.2) is 18.6 Å². The number of halogens is 1. The van der Waals surface area contributed by atoms with Crippen LogP contribution in [0.2, 0.25) is 0 Å². The van der Waals surface area contributed by atoms with Crippen molar-refractivity contribution in [2.75, 3.05) is 11.9 Å². The molecule has 0 saturated heterocycles. The van der Waals surface area contributed by atoms with Gasteiger partial charge in [-0.1, -0.05) is 0 Å². The number of anilines is 1. The second kappa shape index (κ2) is 6.60. The van der Waals surface area contributed by atoms with E-state index >= 15 is 0 Å². The van der Waals surface area contributed by atoms with Crippen LogP contribution >= 0.6 is 0 Å². The molecule has 1 rings (SSSR count). The third-order valence-corrected chi connectivity index (χ3v) is 2.28. The number of hydrogen-bond donors (Lipinski definition) is 1.